The molecule has 0 saturated carbocycles. The number of hydrogen-bond acceptors (Lipinski definition) is 4. The van der Waals surface area contributed by atoms with Gasteiger partial charge in [0.2, 0.25) is 0 Å². The zero-order valence-corrected chi connectivity index (χ0v) is 8.04. The topological polar surface area (TPSA) is 51.8 Å². The van der Waals surface area contributed by atoms with Crippen LogP contribution in [0.2, 0.25) is 0 Å². The van der Waals surface area contributed by atoms with Crippen LogP contribution in [-0.2, 0) is 0 Å². The lowest BCUT2D eigenvalue weighted by molar-refractivity contribution is 0.623. The summed E-state index contributed by atoms with van der Waals surface area (Å²) < 4.78 is 20.7. The molecule has 0 radical (unpaired) electrons. The van der Waals surface area contributed by atoms with Crippen molar-refractivity contribution in [2.45, 2.75) is 6.04 Å². The van der Waals surface area contributed by atoms with Gasteiger partial charge in [-0.3, -0.25) is 0 Å². The zero-order valence-electron chi connectivity index (χ0n) is 7.22. The molecule has 0 fully saturated rings. The molecular formula is C9H8FN3S. The fourth-order valence-corrected chi connectivity index (χ4v) is 1.64. The quantitative estimate of drug-likeness (QED) is 0.819. The highest BCUT2D eigenvalue weighted by Gasteiger charge is 2.11. The highest BCUT2D eigenvalue weighted by atomic mass is 32.1. The highest BCUT2D eigenvalue weighted by molar-refractivity contribution is 6.99. The number of aromatic nitrogens is 2. The van der Waals surface area contributed by atoms with Crippen molar-refractivity contribution in [3.63, 3.8) is 0 Å². The van der Waals surface area contributed by atoms with E-state index in [4.69, 9.17) is 5.73 Å². The van der Waals surface area contributed by atoms with Crippen molar-refractivity contribution in [2.75, 3.05) is 0 Å². The second kappa shape index (κ2) is 3.81. The first-order valence-electron chi connectivity index (χ1n) is 4.06. The van der Waals surface area contributed by atoms with E-state index in [-0.39, 0.29) is 5.82 Å². The molecule has 14 heavy (non-hydrogen) atoms. The molecule has 0 spiro atoms. The van der Waals surface area contributed by atoms with Crippen molar-refractivity contribution in [3.8, 4) is 0 Å². The van der Waals surface area contributed by atoms with E-state index in [1.807, 2.05) is 0 Å². The van der Waals surface area contributed by atoms with Gasteiger partial charge in [-0.2, -0.15) is 8.75 Å². The average molecular weight is 209 g/mol. The molecule has 0 aliphatic rings. The molecule has 0 saturated heterocycles. The average Bonchev–Trinajstić information content (AvgIpc) is 2.69. The van der Waals surface area contributed by atoms with Crippen LogP contribution in [0, 0.1) is 5.82 Å². The van der Waals surface area contributed by atoms with Crippen LogP contribution in [0.3, 0.4) is 0 Å². The first-order valence-corrected chi connectivity index (χ1v) is 4.79. The highest BCUT2D eigenvalue weighted by Crippen LogP contribution is 2.18. The lowest BCUT2D eigenvalue weighted by Crippen LogP contribution is -2.12. The van der Waals surface area contributed by atoms with E-state index in [2.05, 4.69) is 8.75 Å². The van der Waals surface area contributed by atoms with E-state index in [9.17, 15) is 4.39 Å². The summed E-state index contributed by atoms with van der Waals surface area (Å²) in [5, 5.41) is 0. The predicted octanol–water partition coefficient (Wildman–Crippen LogP) is 1.73. The molecule has 1 atom stereocenters. The van der Waals surface area contributed by atoms with E-state index >= 15 is 0 Å². The van der Waals surface area contributed by atoms with Crippen LogP contribution in [0.5, 0.6) is 0 Å². The zero-order chi connectivity index (χ0) is 9.97. The maximum absolute atomic E-state index is 12.9. The minimum Gasteiger partial charge on any atom is -0.319 e. The first-order chi connectivity index (χ1) is 6.77. The van der Waals surface area contributed by atoms with E-state index in [1.54, 1.807) is 18.3 Å². The van der Waals surface area contributed by atoms with Gasteiger partial charge in [-0.05, 0) is 17.7 Å². The maximum Gasteiger partial charge on any atom is 0.123 e. The van der Waals surface area contributed by atoms with Crippen LogP contribution in [0.4, 0.5) is 4.39 Å². The minimum absolute atomic E-state index is 0.291. The molecule has 0 amide bonds. The fourth-order valence-electron chi connectivity index (χ4n) is 1.18. The molecule has 1 heterocycles. The third kappa shape index (κ3) is 1.78. The summed E-state index contributed by atoms with van der Waals surface area (Å²) in [6.45, 7) is 0. The summed E-state index contributed by atoms with van der Waals surface area (Å²) in [5.74, 6) is -0.291. The first kappa shape index (κ1) is 9.23. The number of halogens is 1. The van der Waals surface area contributed by atoms with Gasteiger partial charge in [0.25, 0.3) is 0 Å². The standard InChI is InChI=1S/C9H8FN3S/c10-7-3-1-2-6(4-7)9(11)8-5-12-14-13-8/h1-5,9H,11H2. The summed E-state index contributed by atoms with van der Waals surface area (Å²) >= 11 is 1.09. The summed E-state index contributed by atoms with van der Waals surface area (Å²) in [6.07, 6.45) is 1.60. The van der Waals surface area contributed by atoms with Gasteiger partial charge < -0.3 is 5.73 Å². The van der Waals surface area contributed by atoms with Crippen LogP contribution in [0.1, 0.15) is 17.3 Å². The van der Waals surface area contributed by atoms with Gasteiger partial charge in [0.1, 0.15) is 5.82 Å². The maximum atomic E-state index is 12.9. The molecule has 1 unspecified atom stereocenters. The van der Waals surface area contributed by atoms with Crippen molar-refractivity contribution in [1.82, 2.24) is 8.75 Å². The van der Waals surface area contributed by atoms with Crippen molar-refractivity contribution in [1.29, 1.82) is 0 Å². The number of nitrogens with two attached hydrogens (primary N) is 1. The second-order valence-corrected chi connectivity index (χ2v) is 3.42. The molecule has 0 bridgehead atoms. The Labute approximate surface area is 84.7 Å². The van der Waals surface area contributed by atoms with Gasteiger partial charge in [0.15, 0.2) is 0 Å². The van der Waals surface area contributed by atoms with Crippen molar-refractivity contribution < 1.29 is 4.39 Å². The molecule has 0 aliphatic heterocycles. The normalized spacial score (nSPS) is 12.7. The molecule has 0 aliphatic carbocycles. The number of benzene rings is 1. The lowest BCUT2D eigenvalue weighted by atomic mass is 10.1. The van der Waals surface area contributed by atoms with Gasteiger partial charge in [0, 0.05) is 0 Å². The summed E-state index contributed by atoms with van der Waals surface area (Å²) in [6, 6.07) is 5.79. The molecule has 1 aromatic heterocycles. The van der Waals surface area contributed by atoms with Crippen LogP contribution >= 0.6 is 11.7 Å². The molecule has 3 nitrogen and oxygen atoms in total. The minimum atomic E-state index is -0.399. The van der Waals surface area contributed by atoms with E-state index in [0.717, 1.165) is 11.7 Å². The third-order valence-electron chi connectivity index (χ3n) is 1.90. The Kier molecular flexibility index (Phi) is 2.51. The summed E-state index contributed by atoms with van der Waals surface area (Å²) in [7, 11) is 0. The van der Waals surface area contributed by atoms with E-state index in [0.29, 0.717) is 11.3 Å². The van der Waals surface area contributed by atoms with Crippen molar-refractivity contribution in [3.05, 3.63) is 47.5 Å². The smallest absolute Gasteiger partial charge is 0.123 e. The Balaban J connectivity index is 2.32. The Bertz CT molecular complexity index is 416. The molecule has 1 aromatic carbocycles. The van der Waals surface area contributed by atoms with Crippen LogP contribution in [0.15, 0.2) is 30.5 Å². The Hall–Kier alpha value is -1.33. The Morgan fingerprint density at radius 3 is 2.93 bits per heavy atom. The van der Waals surface area contributed by atoms with E-state index < -0.39 is 6.04 Å². The van der Waals surface area contributed by atoms with Gasteiger partial charge in [0.05, 0.1) is 29.7 Å². The van der Waals surface area contributed by atoms with Gasteiger partial charge >= 0.3 is 0 Å². The molecule has 5 heteroatoms. The fraction of sp³-hybridized carbons (Fsp3) is 0.111. The van der Waals surface area contributed by atoms with Crippen LogP contribution in [-0.4, -0.2) is 8.75 Å². The predicted molar refractivity (Wildman–Crippen MR) is 52.3 cm³/mol. The molecule has 2 aromatic rings. The van der Waals surface area contributed by atoms with Crippen molar-refractivity contribution in [2.24, 2.45) is 5.73 Å². The van der Waals surface area contributed by atoms with Gasteiger partial charge in [-0.1, -0.05) is 12.1 Å². The monoisotopic (exact) mass is 209 g/mol. The lowest BCUT2D eigenvalue weighted by Gasteiger charge is -2.07. The van der Waals surface area contributed by atoms with Crippen LogP contribution in [0.25, 0.3) is 0 Å². The number of hydrogen-bond donors (Lipinski definition) is 1. The van der Waals surface area contributed by atoms with Crippen molar-refractivity contribution >= 4 is 11.7 Å². The van der Waals surface area contributed by atoms with E-state index in [1.165, 1.54) is 12.1 Å². The largest absolute Gasteiger partial charge is 0.319 e. The van der Waals surface area contributed by atoms with Gasteiger partial charge in [-0.15, -0.1) is 0 Å². The van der Waals surface area contributed by atoms with Gasteiger partial charge in [-0.25, -0.2) is 4.39 Å². The summed E-state index contributed by atoms with van der Waals surface area (Å²) in [5.41, 5.74) is 7.24. The number of nitrogens with zero attached hydrogens (tertiary/aromatic N) is 2. The molecule has 72 valence electrons. The Morgan fingerprint density at radius 2 is 2.29 bits per heavy atom. The summed E-state index contributed by atoms with van der Waals surface area (Å²) in [4.78, 5) is 0. The second-order valence-electron chi connectivity index (χ2n) is 2.86. The molecular weight excluding hydrogens is 201 g/mol. The number of rotatable bonds is 2. The molecule has 2 rings (SSSR count). The van der Waals surface area contributed by atoms with Crippen LogP contribution < -0.4 is 5.73 Å². The molecule has 2 N–H and O–H groups in total. The third-order valence-corrected chi connectivity index (χ3v) is 2.40. The SMILES string of the molecule is NC(c1cccc(F)c1)c1cnsn1. The Morgan fingerprint density at radius 1 is 1.43 bits per heavy atom.